The minimum absolute atomic E-state index is 0.251. The summed E-state index contributed by atoms with van der Waals surface area (Å²) in [4.78, 5) is 10.5. The molecule has 0 radical (unpaired) electrons. The van der Waals surface area contributed by atoms with Gasteiger partial charge in [0.15, 0.2) is 0 Å². The molecule has 2 heteroatoms. The second-order valence-electron chi connectivity index (χ2n) is 2.45. The third-order valence-corrected chi connectivity index (χ3v) is 1.88. The average Bonchev–Trinajstić information content (AvgIpc) is 1.87. The zero-order valence-electron chi connectivity index (χ0n) is 5.73. The third kappa shape index (κ3) is 0.661. The highest BCUT2D eigenvalue weighted by Gasteiger charge is 2.44. The van der Waals surface area contributed by atoms with E-state index in [-0.39, 0.29) is 11.6 Å². The first-order chi connectivity index (χ1) is 4.10. The first kappa shape index (κ1) is 6.33. The van der Waals surface area contributed by atoms with Gasteiger partial charge in [-0.15, -0.1) is 0 Å². The summed E-state index contributed by atoms with van der Waals surface area (Å²) in [5.41, 5.74) is 0.252. The van der Waals surface area contributed by atoms with Gasteiger partial charge in [0.1, 0.15) is 5.60 Å². The van der Waals surface area contributed by atoms with Gasteiger partial charge in [-0.3, -0.25) is 0 Å². The van der Waals surface area contributed by atoms with E-state index >= 15 is 0 Å². The van der Waals surface area contributed by atoms with Crippen LogP contribution < -0.4 is 0 Å². The summed E-state index contributed by atoms with van der Waals surface area (Å²) in [6.07, 6.45) is 0.817. The van der Waals surface area contributed by atoms with Crippen LogP contribution >= 0.6 is 0 Å². The molecule has 0 aliphatic carbocycles. The summed E-state index contributed by atoms with van der Waals surface area (Å²) in [6.45, 7) is 7.43. The van der Waals surface area contributed by atoms with Crippen molar-refractivity contribution in [3.63, 3.8) is 0 Å². The molecule has 50 valence electrons. The quantitative estimate of drug-likeness (QED) is 0.390. The Bertz CT molecular complexity index is 172. The van der Waals surface area contributed by atoms with Gasteiger partial charge in [0, 0.05) is 0 Å². The number of rotatable bonds is 1. The molecule has 0 amide bonds. The van der Waals surface area contributed by atoms with Crippen LogP contribution in [0.2, 0.25) is 0 Å². The number of carbonyl (C=O) groups is 1. The van der Waals surface area contributed by atoms with E-state index in [4.69, 9.17) is 4.74 Å². The van der Waals surface area contributed by atoms with Crippen molar-refractivity contribution in [2.45, 2.75) is 25.9 Å². The Morgan fingerprint density at radius 1 is 1.78 bits per heavy atom. The number of esters is 1. The van der Waals surface area contributed by atoms with Crippen molar-refractivity contribution < 1.29 is 9.53 Å². The number of ether oxygens (including phenoxy) is 1. The summed E-state index contributed by atoms with van der Waals surface area (Å²) < 4.78 is 4.85. The molecular formula is C7H10O2. The van der Waals surface area contributed by atoms with Crippen LogP contribution in [0.5, 0.6) is 0 Å². The monoisotopic (exact) mass is 126 g/mol. The van der Waals surface area contributed by atoms with E-state index in [0.29, 0.717) is 5.57 Å². The molecule has 1 aliphatic heterocycles. The van der Waals surface area contributed by atoms with Crippen LogP contribution in [0.3, 0.4) is 0 Å². The normalized spacial score (nSPS) is 33.6. The Hall–Kier alpha value is -0.790. The highest BCUT2D eigenvalue weighted by Crippen LogP contribution is 2.34. The fourth-order valence-corrected chi connectivity index (χ4v) is 0.783. The summed E-state index contributed by atoms with van der Waals surface area (Å²) in [7, 11) is 0. The number of cyclic esters (lactones) is 1. The molecule has 9 heavy (non-hydrogen) atoms. The number of hydrogen-bond acceptors (Lipinski definition) is 2. The van der Waals surface area contributed by atoms with Crippen molar-refractivity contribution in [2.24, 2.45) is 0 Å². The lowest BCUT2D eigenvalue weighted by molar-refractivity contribution is -0.169. The van der Waals surface area contributed by atoms with Gasteiger partial charge in [0.25, 0.3) is 0 Å². The van der Waals surface area contributed by atoms with Gasteiger partial charge in [-0.2, -0.15) is 0 Å². The first-order valence-electron chi connectivity index (χ1n) is 3.03. The lowest BCUT2D eigenvalue weighted by atomic mass is 9.89. The zero-order chi connectivity index (χ0) is 7.07. The van der Waals surface area contributed by atoms with E-state index in [0.717, 1.165) is 6.42 Å². The predicted octanol–water partition coefficient (Wildman–Crippen LogP) is 1.27. The van der Waals surface area contributed by atoms with E-state index in [2.05, 4.69) is 6.58 Å². The summed E-state index contributed by atoms with van der Waals surface area (Å²) >= 11 is 0. The molecule has 0 saturated carbocycles. The van der Waals surface area contributed by atoms with E-state index in [1.165, 1.54) is 0 Å². The van der Waals surface area contributed by atoms with Crippen LogP contribution in [-0.2, 0) is 9.53 Å². The van der Waals surface area contributed by atoms with Crippen LogP contribution in [0, 0.1) is 0 Å². The van der Waals surface area contributed by atoms with E-state index in [1.54, 1.807) is 0 Å². The predicted molar refractivity (Wildman–Crippen MR) is 33.9 cm³/mol. The van der Waals surface area contributed by atoms with Gasteiger partial charge >= 0.3 is 5.97 Å². The SMILES string of the molecule is C=C1C(=O)OC1(C)CC. The maximum atomic E-state index is 10.5. The molecule has 0 N–H and O–H groups in total. The third-order valence-electron chi connectivity index (χ3n) is 1.88. The highest BCUT2D eigenvalue weighted by molar-refractivity contribution is 5.96. The van der Waals surface area contributed by atoms with E-state index < -0.39 is 0 Å². The van der Waals surface area contributed by atoms with Gasteiger partial charge in [-0.25, -0.2) is 4.79 Å². The van der Waals surface area contributed by atoms with Crippen molar-refractivity contribution in [1.82, 2.24) is 0 Å². The Morgan fingerprint density at radius 3 is 2.44 bits per heavy atom. The molecule has 1 fully saturated rings. The molecule has 1 heterocycles. The number of hydrogen-bond donors (Lipinski definition) is 0. The Balaban J connectivity index is 2.70. The van der Waals surface area contributed by atoms with Gasteiger partial charge in [-0.1, -0.05) is 13.5 Å². The molecule has 1 rings (SSSR count). The van der Waals surface area contributed by atoms with Crippen LogP contribution in [0.1, 0.15) is 20.3 Å². The molecular weight excluding hydrogens is 116 g/mol. The molecule has 1 aliphatic rings. The molecule has 0 aromatic rings. The maximum Gasteiger partial charge on any atom is 0.338 e. The molecule has 0 spiro atoms. The molecule has 1 atom stereocenters. The van der Waals surface area contributed by atoms with Gasteiger partial charge < -0.3 is 4.74 Å². The molecule has 0 aromatic heterocycles. The standard InChI is InChI=1S/C7H10O2/c1-4-7(3)5(2)6(8)9-7/h2,4H2,1,3H3. The second kappa shape index (κ2) is 1.59. The van der Waals surface area contributed by atoms with E-state index in [9.17, 15) is 4.79 Å². The lowest BCUT2D eigenvalue weighted by Gasteiger charge is -2.38. The van der Waals surface area contributed by atoms with Gasteiger partial charge in [0.2, 0.25) is 0 Å². The fourth-order valence-electron chi connectivity index (χ4n) is 0.783. The fraction of sp³-hybridized carbons (Fsp3) is 0.571. The minimum Gasteiger partial charge on any atom is -0.451 e. The Morgan fingerprint density at radius 2 is 2.33 bits per heavy atom. The van der Waals surface area contributed by atoms with Crippen LogP contribution in [-0.4, -0.2) is 11.6 Å². The van der Waals surface area contributed by atoms with Crippen molar-refractivity contribution >= 4 is 5.97 Å². The van der Waals surface area contributed by atoms with Crippen molar-refractivity contribution in [3.05, 3.63) is 12.2 Å². The molecule has 0 bridgehead atoms. The smallest absolute Gasteiger partial charge is 0.338 e. The second-order valence-corrected chi connectivity index (χ2v) is 2.45. The van der Waals surface area contributed by atoms with Crippen molar-refractivity contribution in [1.29, 1.82) is 0 Å². The Kier molecular flexibility index (Phi) is 1.12. The van der Waals surface area contributed by atoms with Gasteiger partial charge in [-0.05, 0) is 13.3 Å². The maximum absolute atomic E-state index is 10.5. The number of carbonyl (C=O) groups excluding carboxylic acids is 1. The van der Waals surface area contributed by atoms with Gasteiger partial charge in [0.05, 0.1) is 5.57 Å². The lowest BCUT2D eigenvalue weighted by Crippen LogP contribution is -2.46. The van der Waals surface area contributed by atoms with E-state index in [1.807, 2.05) is 13.8 Å². The van der Waals surface area contributed by atoms with Crippen molar-refractivity contribution in [2.75, 3.05) is 0 Å². The molecule has 2 nitrogen and oxygen atoms in total. The van der Waals surface area contributed by atoms with Crippen molar-refractivity contribution in [3.8, 4) is 0 Å². The largest absolute Gasteiger partial charge is 0.451 e. The van der Waals surface area contributed by atoms with Crippen LogP contribution in [0.4, 0.5) is 0 Å². The van der Waals surface area contributed by atoms with Crippen LogP contribution in [0.25, 0.3) is 0 Å². The van der Waals surface area contributed by atoms with Crippen LogP contribution in [0.15, 0.2) is 12.2 Å². The Labute approximate surface area is 54.5 Å². The minimum atomic E-state index is -0.350. The first-order valence-corrected chi connectivity index (χ1v) is 3.03. The zero-order valence-corrected chi connectivity index (χ0v) is 5.73. The summed E-state index contributed by atoms with van der Waals surface area (Å²) in [5, 5.41) is 0. The summed E-state index contributed by atoms with van der Waals surface area (Å²) in [5.74, 6) is -0.251. The summed E-state index contributed by atoms with van der Waals surface area (Å²) in [6, 6.07) is 0. The topological polar surface area (TPSA) is 26.3 Å². The molecule has 1 saturated heterocycles. The molecule has 1 unspecified atom stereocenters. The molecule has 0 aromatic carbocycles. The average molecular weight is 126 g/mol. The highest BCUT2D eigenvalue weighted by atomic mass is 16.6.